The minimum Gasteiger partial charge on any atom is -0.267 e. The molecule has 0 atom stereocenters. The lowest BCUT2D eigenvalue weighted by molar-refractivity contribution is 0.0954. The van der Waals surface area contributed by atoms with Gasteiger partial charge < -0.3 is 0 Å². The number of hydrogen-bond acceptors (Lipinski definition) is 2. The monoisotopic (exact) mass is 322 g/mol. The highest BCUT2D eigenvalue weighted by Gasteiger charge is 2.16. The topological polar surface area (TPSA) is 41.5 Å². The number of nitrogens with zero attached hydrogens (tertiary/aromatic N) is 1. The van der Waals surface area contributed by atoms with E-state index in [0.717, 1.165) is 28.9 Å². The minimum absolute atomic E-state index is 0.141. The van der Waals surface area contributed by atoms with Crippen molar-refractivity contribution in [3.8, 4) is 0 Å². The zero-order valence-corrected chi connectivity index (χ0v) is 12.7. The molecule has 4 heteroatoms. The summed E-state index contributed by atoms with van der Waals surface area (Å²) in [5.41, 5.74) is 4.41. The Morgan fingerprint density at radius 2 is 1.95 bits per heavy atom. The van der Waals surface area contributed by atoms with Crippen LogP contribution in [0.3, 0.4) is 0 Å². The molecular formula is C15H19BrN2O. The van der Waals surface area contributed by atoms with E-state index < -0.39 is 0 Å². The third-order valence-corrected chi connectivity index (χ3v) is 4.21. The van der Waals surface area contributed by atoms with Gasteiger partial charge in [0.15, 0.2) is 0 Å². The van der Waals surface area contributed by atoms with Crippen LogP contribution in [0.15, 0.2) is 33.8 Å². The molecule has 0 unspecified atom stereocenters. The first-order chi connectivity index (χ1) is 9.19. The number of nitrogens with one attached hydrogen (secondary N) is 1. The van der Waals surface area contributed by atoms with Crippen molar-refractivity contribution in [3.05, 3.63) is 34.3 Å². The highest BCUT2D eigenvalue weighted by Crippen LogP contribution is 2.24. The van der Waals surface area contributed by atoms with Gasteiger partial charge in [-0.2, -0.15) is 5.10 Å². The van der Waals surface area contributed by atoms with Gasteiger partial charge in [0.2, 0.25) is 0 Å². The van der Waals surface area contributed by atoms with Gasteiger partial charge in [-0.3, -0.25) is 4.79 Å². The summed E-state index contributed by atoms with van der Waals surface area (Å²) in [4.78, 5) is 11.9. The van der Waals surface area contributed by atoms with Gasteiger partial charge in [-0.05, 0) is 55.9 Å². The Labute approximate surface area is 122 Å². The van der Waals surface area contributed by atoms with Crippen LogP contribution in [0.5, 0.6) is 0 Å². The number of rotatable bonds is 3. The summed E-state index contributed by atoms with van der Waals surface area (Å²) in [7, 11) is 0. The van der Waals surface area contributed by atoms with Gasteiger partial charge >= 0.3 is 0 Å². The van der Waals surface area contributed by atoms with Gasteiger partial charge in [-0.25, -0.2) is 5.43 Å². The quantitative estimate of drug-likeness (QED) is 0.835. The molecular weight excluding hydrogens is 304 g/mol. The molecule has 1 aromatic rings. The van der Waals surface area contributed by atoms with E-state index in [-0.39, 0.29) is 5.91 Å². The van der Waals surface area contributed by atoms with Crippen molar-refractivity contribution in [2.75, 3.05) is 0 Å². The van der Waals surface area contributed by atoms with Crippen molar-refractivity contribution >= 4 is 27.5 Å². The molecule has 0 saturated heterocycles. The highest BCUT2D eigenvalue weighted by molar-refractivity contribution is 9.10. The number of carbonyl (C=O) groups is 1. The van der Waals surface area contributed by atoms with E-state index in [9.17, 15) is 4.79 Å². The molecule has 102 valence electrons. The molecule has 0 aliphatic heterocycles. The first kappa shape index (κ1) is 14.3. The Balaban J connectivity index is 1.88. The van der Waals surface area contributed by atoms with Crippen molar-refractivity contribution in [1.29, 1.82) is 0 Å². The molecule has 2 rings (SSSR count). The summed E-state index contributed by atoms with van der Waals surface area (Å²) in [6.07, 6.45) is 5.67. The van der Waals surface area contributed by atoms with Crippen LogP contribution in [-0.2, 0) is 0 Å². The summed E-state index contributed by atoms with van der Waals surface area (Å²) >= 11 is 3.35. The highest BCUT2D eigenvalue weighted by atomic mass is 79.9. The molecule has 1 aliphatic carbocycles. The Kier molecular flexibility index (Phi) is 5.14. The van der Waals surface area contributed by atoms with E-state index >= 15 is 0 Å². The molecule has 1 aromatic carbocycles. The molecule has 19 heavy (non-hydrogen) atoms. The molecule has 0 radical (unpaired) electrons. The lowest BCUT2D eigenvalue weighted by atomic mass is 9.86. The van der Waals surface area contributed by atoms with Crippen LogP contribution in [0.1, 0.15) is 49.4 Å². The smallest absolute Gasteiger partial charge is 0.267 e. The lowest BCUT2D eigenvalue weighted by Crippen LogP contribution is -2.22. The van der Waals surface area contributed by atoms with Crippen LogP contribution < -0.4 is 5.43 Å². The number of benzene rings is 1. The van der Waals surface area contributed by atoms with Crippen LogP contribution in [0, 0.1) is 5.92 Å². The first-order valence-electron chi connectivity index (χ1n) is 6.80. The fourth-order valence-corrected chi connectivity index (χ4v) is 2.59. The van der Waals surface area contributed by atoms with Crippen LogP contribution in [0.2, 0.25) is 0 Å². The van der Waals surface area contributed by atoms with Gasteiger partial charge in [0.1, 0.15) is 0 Å². The molecule has 3 nitrogen and oxygen atoms in total. The SMILES string of the molecule is CCC1CCC(=NNC(=O)c2ccc(Br)cc2)CC1. The van der Waals surface area contributed by atoms with Crippen molar-refractivity contribution in [2.24, 2.45) is 11.0 Å². The maximum Gasteiger partial charge on any atom is 0.271 e. The van der Waals surface area contributed by atoms with Gasteiger partial charge in [-0.15, -0.1) is 0 Å². The van der Waals surface area contributed by atoms with E-state index in [1.165, 1.54) is 19.3 Å². The molecule has 0 spiro atoms. The summed E-state index contributed by atoms with van der Waals surface area (Å²) in [5, 5.41) is 4.26. The molecule has 1 saturated carbocycles. The van der Waals surface area contributed by atoms with Gasteiger partial charge in [0.05, 0.1) is 0 Å². The van der Waals surface area contributed by atoms with Gasteiger partial charge in [0, 0.05) is 15.7 Å². The Morgan fingerprint density at radius 3 is 2.53 bits per heavy atom. The van der Waals surface area contributed by atoms with Crippen molar-refractivity contribution in [3.63, 3.8) is 0 Å². The maximum atomic E-state index is 11.9. The molecule has 1 aliphatic rings. The second kappa shape index (κ2) is 6.85. The average Bonchev–Trinajstić information content (AvgIpc) is 2.46. The first-order valence-corrected chi connectivity index (χ1v) is 7.59. The number of hydrogen-bond donors (Lipinski definition) is 1. The van der Waals surface area contributed by atoms with E-state index in [1.807, 2.05) is 12.1 Å². The second-order valence-electron chi connectivity index (χ2n) is 4.98. The average molecular weight is 323 g/mol. The maximum absolute atomic E-state index is 11.9. The van der Waals surface area contributed by atoms with E-state index in [4.69, 9.17) is 0 Å². The Hall–Kier alpha value is -1.16. The van der Waals surface area contributed by atoms with Crippen LogP contribution in [0.25, 0.3) is 0 Å². The number of amides is 1. The molecule has 0 aromatic heterocycles. The molecule has 0 heterocycles. The van der Waals surface area contributed by atoms with E-state index in [2.05, 4.69) is 33.4 Å². The molecule has 0 bridgehead atoms. The number of carbonyl (C=O) groups excluding carboxylic acids is 1. The van der Waals surface area contributed by atoms with Gasteiger partial charge in [-0.1, -0.05) is 29.3 Å². The molecule has 1 fully saturated rings. The van der Waals surface area contributed by atoms with Crippen molar-refractivity contribution < 1.29 is 4.79 Å². The van der Waals surface area contributed by atoms with Crippen molar-refractivity contribution in [2.45, 2.75) is 39.0 Å². The standard InChI is InChI=1S/C15H19BrN2O/c1-2-11-3-9-14(10-4-11)17-18-15(19)12-5-7-13(16)8-6-12/h5-8,11H,2-4,9-10H2,1H3,(H,18,19). The predicted molar refractivity (Wildman–Crippen MR) is 81.3 cm³/mol. The fraction of sp³-hybridized carbons (Fsp3) is 0.467. The Morgan fingerprint density at radius 1 is 1.32 bits per heavy atom. The van der Waals surface area contributed by atoms with Crippen LogP contribution in [0.4, 0.5) is 0 Å². The summed E-state index contributed by atoms with van der Waals surface area (Å²) in [5.74, 6) is 0.693. The van der Waals surface area contributed by atoms with Crippen molar-refractivity contribution in [1.82, 2.24) is 5.43 Å². The molecule has 1 amide bonds. The van der Waals surface area contributed by atoms with Crippen LogP contribution >= 0.6 is 15.9 Å². The zero-order chi connectivity index (χ0) is 13.7. The van der Waals surface area contributed by atoms with E-state index in [0.29, 0.717) is 5.56 Å². The molecule has 1 N–H and O–H groups in total. The Bertz CT molecular complexity index is 458. The fourth-order valence-electron chi connectivity index (χ4n) is 2.33. The van der Waals surface area contributed by atoms with Gasteiger partial charge in [0.25, 0.3) is 5.91 Å². The minimum atomic E-state index is -0.141. The number of halogens is 1. The van der Waals surface area contributed by atoms with Crippen LogP contribution in [-0.4, -0.2) is 11.6 Å². The summed E-state index contributed by atoms with van der Waals surface area (Å²) < 4.78 is 0.966. The summed E-state index contributed by atoms with van der Waals surface area (Å²) in [6, 6.07) is 7.28. The lowest BCUT2D eigenvalue weighted by Gasteiger charge is -2.21. The summed E-state index contributed by atoms with van der Waals surface area (Å²) in [6.45, 7) is 2.24. The number of hydrazone groups is 1. The third kappa shape index (κ3) is 4.16. The predicted octanol–water partition coefficient (Wildman–Crippen LogP) is 4.14. The normalized spacial score (nSPS) is 19.1. The second-order valence-corrected chi connectivity index (χ2v) is 5.89. The third-order valence-electron chi connectivity index (χ3n) is 3.68. The largest absolute Gasteiger partial charge is 0.271 e. The van der Waals surface area contributed by atoms with E-state index in [1.54, 1.807) is 12.1 Å². The zero-order valence-electron chi connectivity index (χ0n) is 11.2.